The van der Waals surface area contributed by atoms with E-state index in [1.807, 2.05) is 4.90 Å². The Morgan fingerprint density at radius 1 is 1.26 bits per heavy atom. The summed E-state index contributed by atoms with van der Waals surface area (Å²) in [6, 6.07) is 0. The number of aliphatic carboxylic acids is 1. The van der Waals surface area contributed by atoms with Crippen molar-refractivity contribution in [3.8, 4) is 5.19 Å². The van der Waals surface area contributed by atoms with Gasteiger partial charge in [-0.3, -0.25) is 4.79 Å². The molecule has 130 valence electrons. The van der Waals surface area contributed by atoms with Crippen molar-refractivity contribution >= 4 is 23.2 Å². The fourth-order valence-corrected chi connectivity index (χ4v) is 2.28. The number of likely N-dealkylation sites (tertiary alicyclic amines) is 1. The molecule has 1 fully saturated rings. The molecule has 0 aliphatic carbocycles. The summed E-state index contributed by atoms with van der Waals surface area (Å²) in [5, 5.41) is 12.4. The van der Waals surface area contributed by atoms with Gasteiger partial charge in [-0.1, -0.05) is 16.4 Å². The summed E-state index contributed by atoms with van der Waals surface area (Å²) < 4.78 is 40.2. The van der Waals surface area contributed by atoms with Crippen LogP contribution in [0.1, 0.15) is 31.2 Å². The van der Waals surface area contributed by atoms with Crippen LogP contribution in [-0.4, -0.2) is 51.8 Å². The lowest BCUT2D eigenvalue weighted by molar-refractivity contribution is -0.139. The van der Waals surface area contributed by atoms with E-state index in [-0.39, 0.29) is 17.2 Å². The monoisotopic (exact) mass is 355 g/mol. The number of halogens is 3. The number of carboxylic acid groups (broad SMARTS) is 1. The average molecular weight is 355 g/mol. The molecular weight excluding hydrogens is 339 g/mol. The highest BCUT2D eigenvalue weighted by Crippen LogP contribution is 2.33. The molecule has 7 nitrogen and oxygen atoms in total. The molecule has 1 aliphatic heterocycles. The molecule has 2 heterocycles. The molecule has 1 N–H and O–H groups in total. The molecule has 0 unspecified atom stereocenters. The summed E-state index contributed by atoms with van der Waals surface area (Å²) >= 11 is 0.149. The predicted octanol–water partition coefficient (Wildman–Crippen LogP) is 2.04. The van der Waals surface area contributed by atoms with Gasteiger partial charge >= 0.3 is 12.1 Å². The largest absolute Gasteiger partial charge is 0.479 e. The summed E-state index contributed by atoms with van der Waals surface area (Å²) in [4.78, 5) is 22.6. The van der Waals surface area contributed by atoms with E-state index in [1.54, 1.807) is 6.92 Å². The number of rotatable bonds is 3. The van der Waals surface area contributed by atoms with Crippen LogP contribution in [0.25, 0.3) is 0 Å². The van der Waals surface area contributed by atoms with Gasteiger partial charge in [-0.05, 0) is 19.3 Å². The van der Waals surface area contributed by atoms with E-state index < -0.39 is 29.0 Å². The molecule has 0 spiro atoms. The Labute approximate surface area is 134 Å². The van der Waals surface area contributed by atoms with Gasteiger partial charge in [-0.2, -0.15) is 13.2 Å². The number of hydrogen-bond acceptors (Lipinski definition) is 6. The van der Waals surface area contributed by atoms with Crippen LogP contribution < -0.4 is 4.74 Å². The summed E-state index contributed by atoms with van der Waals surface area (Å²) in [6.07, 6.45) is -0.897. The number of carboxylic acids is 1. The van der Waals surface area contributed by atoms with Crippen molar-refractivity contribution in [2.24, 2.45) is 0 Å². The molecular formula is C12H16F3N3O4S. The van der Waals surface area contributed by atoms with E-state index >= 15 is 0 Å². The van der Waals surface area contributed by atoms with Crippen LogP contribution in [0.5, 0.6) is 5.19 Å². The summed E-state index contributed by atoms with van der Waals surface area (Å²) in [7, 11) is 0. The number of carbonyl (C=O) groups excluding carboxylic acids is 1. The second-order valence-corrected chi connectivity index (χ2v) is 5.56. The molecule has 0 radical (unpaired) electrons. The predicted molar refractivity (Wildman–Crippen MR) is 74.1 cm³/mol. The highest BCUT2D eigenvalue weighted by molar-refractivity contribution is 7.13. The Morgan fingerprint density at radius 3 is 2.26 bits per heavy atom. The van der Waals surface area contributed by atoms with E-state index in [0.29, 0.717) is 0 Å². The first-order chi connectivity index (χ1) is 10.7. The minimum Gasteiger partial charge on any atom is -0.479 e. The van der Waals surface area contributed by atoms with Crippen LogP contribution in [-0.2, 0) is 15.8 Å². The molecule has 0 saturated carbocycles. The number of hydrogen-bond donors (Lipinski definition) is 1. The molecule has 2 rings (SSSR count). The highest BCUT2D eigenvalue weighted by atomic mass is 32.1. The van der Waals surface area contributed by atoms with Gasteiger partial charge in [-0.15, -0.1) is 5.10 Å². The Kier molecular flexibility index (Phi) is 7.20. The fourth-order valence-electron chi connectivity index (χ4n) is 1.71. The Morgan fingerprint density at radius 2 is 1.87 bits per heavy atom. The maximum atomic E-state index is 11.9. The highest BCUT2D eigenvalue weighted by Gasteiger charge is 2.36. The van der Waals surface area contributed by atoms with E-state index in [0.717, 1.165) is 13.1 Å². The first kappa shape index (κ1) is 19.1. The minimum atomic E-state index is -4.58. The van der Waals surface area contributed by atoms with Crippen molar-refractivity contribution in [2.75, 3.05) is 19.7 Å². The maximum Gasteiger partial charge on any atom is 0.445 e. The van der Waals surface area contributed by atoms with Crippen molar-refractivity contribution in [1.29, 1.82) is 0 Å². The lowest BCUT2D eigenvalue weighted by Gasteiger charge is -2.24. The first-order valence-corrected chi connectivity index (χ1v) is 7.52. The molecule has 1 aliphatic rings. The van der Waals surface area contributed by atoms with E-state index in [4.69, 9.17) is 5.11 Å². The number of piperidine rings is 1. The third kappa shape index (κ3) is 7.26. The molecule has 0 bridgehead atoms. The molecule has 23 heavy (non-hydrogen) atoms. The molecule has 1 aromatic heterocycles. The van der Waals surface area contributed by atoms with Gasteiger partial charge in [0.2, 0.25) is 10.9 Å². The average Bonchev–Trinajstić information content (AvgIpc) is 2.96. The second kappa shape index (κ2) is 8.65. The van der Waals surface area contributed by atoms with Crippen LogP contribution in [0.2, 0.25) is 0 Å². The Bertz CT molecular complexity index is 530. The fraction of sp³-hybridized carbons (Fsp3) is 0.667. The summed E-state index contributed by atoms with van der Waals surface area (Å²) in [5.41, 5.74) is 0. The van der Waals surface area contributed by atoms with Crippen LogP contribution in [0.3, 0.4) is 0 Å². The number of nitrogens with zero attached hydrogens (tertiary/aromatic N) is 3. The number of ether oxygens (including phenoxy) is 1. The summed E-state index contributed by atoms with van der Waals surface area (Å²) in [5.74, 6) is -1.07. The van der Waals surface area contributed by atoms with Gasteiger partial charge in [0, 0.05) is 20.0 Å². The lowest BCUT2D eigenvalue weighted by Crippen LogP contribution is -2.33. The zero-order valence-corrected chi connectivity index (χ0v) is 13.1. The molecule has 0 atom stereocenters. The van der Waals surface area contributed by atoms with E-state index in [2.05, 4.69) is 14.9 Å². The van der Waals surface area contributed by atoms with Crippen molar-refractivity contribution in [1.82, 2.24) is 15.1 Å². The SMILES string of the molecule is CC(=O)N1CCCCC1.O=C(O)COc1nnc(C(F)(F)F)s1. The molecule has 0 aromatic carbocycles. The Balaban J connectivity index is 0.000000253. The number of alkyl halides is 3. The van der Waals surface area contributed by atoms with Crippen molar-refractivity contribution in [3.63, 3.8) is 0 Å². The number of amides is 1. The van der Waals surface area contributed by atoms with Crippen LogP contribution in [0, 0.1) is 0 Å². The number of carbonyl (C=O) groups is 2. The lowest BCUT2D eigenvalue weighted by atomic mass is 10.1. The van der Waals surface area contributed by atoms with Crippen LogP contribution >= 0.6 is 11.3 Å². The molecule has 11 heteroatoms. The molecule has 1 saturated heterocycles. The maximum absolute atomic E-state index is 11.9. The topological polar surface area (TPSA) is 92.6 Å². The third-order valence-electron chi connectivity index (χ3n) is 2.77. The van der Waals surface area contributed by atoms with Crippen LogP contribution in [0.4, 0.5) is 13.2 Å². The zero-order valence-electron chi connectivity index (χ0n) is 12.3. The molecule has 1 amide bonds. The quantitative estimate of drug-likeness (QED) is 0.892. The van der Waals surface area contributed by atoms with Gasteiger partial charge in [0.15, 0.2) is 6.61 Å². The minimum absolute atomic E-state index is 0.149. The van der Waals surface area contributed by atoms with Crippen molar-refractivity contribution in [3.05, 3.63) is 5.01 Å². The van der Waals surface area contributed by atoms with Crippen molar-refractivity contribution in [2.45, 2.75) is 32.4 Å². The van der Waals surface area contributed by atoms with Crippen LogP contribution in [0.15, 0.2) is 0 Å². The normalized spacial score (nSPS) is 14.7. The van der Waals surface area contributed by atoms with E-state index in [9.17, 15) is 22.8 Å². The van der Waals surface area contributed by atoms with Gasteiger partial charge in [-0.25, -0.2) is 4.79 Å². The Hall–Kier alpha value is -1.91. The number of aromatic nitrogens is 2. The zero-order chi connectivity index (χ0) is 17.5. The first-order valence-electron chi connectivity index (χ1n) is 6.71. The molecule has 1 aromatic rings. The van der Waals surface area contributed by atoms with Gasteiger partial charge in [0.1, 0.15) is 0 Å². The standard InChI is InChI=1S/C7H13NO.C5H3F3N2O3S/c1-7(9)8-5-3-2-4-6-8;6-5(7,8)3-9-10-4(14-3)13-1-2(11)12/h2-6H2,1H3;1H2,(H,11,12). The van der Waals surface area contributed by atoms with Crippen molar-refractivity contribution < 1.29 is 32.6 Å². The van der Waals surface area contributed by atoms with Gasteiger partial charge in [0.05, 0.1) is 0 Å². The third-order valence-corrected chi connectivity index (χ3v) is 3.65. The van der Waals surface area contributed by atoms with E-state index in [1.165, 1.54) is 19.3 Å². The van der Waals surface area contributed by atoms with Gasteiger partial charge < -0.3 is 14.7 Å². The summed E-state index contributed by atoms with van der Waals surface area (Å²) in [6.45, 7) is 2.86. The van der Waals surface area contributed by atoms with Gasteiger partial charge in [0.25, 0.3) is 5.19 Å². The second-order valence-electron chi connectivity index (χ2n) is 4.62. The smallest absolute Gasteiger partial charge is 0.445 e.